The molecule has 78 valence electrons. The van der Waals surface area contributed by atoms with Gasteiger partial charge in [-0.2, -0.15) is 0 Å². The van der Waals surface area contributed by atoms with Gasteiger partial charge < -0.3 is 0 Å². The van der Waals surface area contributed by atoms with Crippen LogP contribution in [0.25, 0.3) is 12.2 Å². The van der Waals surface area contributed by atoms with Crippen molar-refractivity contribution in [2.75, 3.05) is 0 Å². The van der Waals surface area contributed by atoms with E-state index in [9.17, 15) is 4.79 Å². The van der Waals surface area contributed by atoms with E-state index < -0.39 is 0 Å². The van der Waals surface area contributed by atoms with Gasteiger partial charge in [0, 0.05) is 11.8 Å². The minimum Gasteiger partial charge on any atom is -0.289 e. The molecule has 2 rings (SSSR count). The summed E-state index contributed by atoms with van der Waals surface area (Å²) in [5, 5.41) is 0. The molecule has 0 fully saturated rings. The van der Waals surface area contributed by atoms with E-state index in [0.29, 0.717) is 5.56 Å². The van der Waals surface area contributed by atoms with Crippen molar-refractivity contribution < 1.29 is 0 Å². The number of hydrogen-bond donors (Lipinski definition) is 0. The van der Waals surface area contributed by atoms with Gasteiger partial charge in [-0.1, -0.05) is 30.3 Å². The van der Waals surface area contributed by atoms with Gasteiger partial charge in [-0.15, -0.1) is 0 Å². The van der Waals surface area contributed by atoms with Crippen LogP contribution in [0, 0.1) is 0 Å². The molecule has 2 heteroatoms. The Bertz CT molecular complexity index is 547. The molecule has 0 unspecified atom stereocenters. The van der Waals surface area contributed by atoms with E-state index in [1.165, 1.54) is 0 Å². The topological polar surface area (TPSA) is 30.0 Å². The van der Waals surface area contributed by atoms with Crippen molar-refractivity contribution in [1.29, 1.82) is 0 Å². The summed E-state index contributed by atoms with van der Waals surface area (Å²) >= 11 is 0. The van der Waals surface area contributed by atoms with Gasteiger partial charge in [0.05, 0.1) is 5.69 Å². The molecule has 0 aliphatic rings. The monoisotopic (exact) mass is 209 g/mol. The van der Waals surface area contributed by atoms with Crippen molar-refractivity contribution in [3.63, 3.8) is 0 Å². The van der Waals surface area contributed by atoms with Crippen molar-refractivity contribution in [2.45, 2.75) is 0 Å². The van der Waals surface area contributed by atoms with E-state index in [-0.39, 0.29) is 5.43 Å². The fourth-order valence-electron chi connectivity index (χ4n) is 1.33. The lowest BCUT2D eigenvalue weighted by Gasteiger charge is -1.89. The highest BCUT2D eigenvalue weighted by atomic mass is 16.1. The second-order valence-corrected chi connectivity index (χ2v) is 3.32. The van der Waals surface area contributed by atoms with Crippen molar-refractivity contribution in [1.82, 2.24) is 4.98 Å². The van der Waals surface area contributed by atoms with Crippen LogP contribution in [-0.2, 0) is 0 Å². The van der Waals surface area contributed by atoms with Crippen molar-refractivity contribution in [2.24, 2.45) is 0 Å². The highest BCUT2D eigenvalue weighted by molar-refractivity contribution is 5.67. The Labute approximate surface area is 93.9 Å². The molecule has 0 aliphatic carbocycles. The SMILES string of the molecule is O=c1cccccc1C=Cc1ccccn1. The Kier molecular flexibility index (Phi) is 3.24. The number of nitrogens with zero attached hydrogens (tertiary/aromatic N) is 1. The lowest BCUT2D eigenvalue weighted by atomic mass is 10.2. The quantitative estimate of drug-likeness (QED) is 0.761. The third-order valence-corrected chi connectivity index (χ3v) is 2.15. The van der Waals surface area contributed by atoms with Crippen molar-refractivity contribution in [3.8, 4) is 0 Å². The zero-order valence-corrected chi connectivity index (χ0v) is 8.71. The molecule has 16 heavy (non-hydrogen) atoms. The second kappa shape index (κ2) is 5.03. The average Bonchev–Trinajstić information content (AvgIpc) is 2.53. The minimum atomic E-state index is 0.0113. The molecular formula is C14H11NO. The molecule has 0 aliphatic heterocycles. The van der Waals surface area contributed by atoms with Gasteiger partial charge >= 0.3 is 0 Å². The first-order valence-corrected chi connectivity index (χ1v) is 5.05. The summed E-state index contributed by atoms with van der Waals surface area (Å²) in [6, 6.07) is 14.4. The molecule has 0 atom stereocenters. The zero-order chi connectivity index (χ0) is 11.2. The fraction of sp³-hybridized carbons (Fsp3) is 0. The van der Waals surface area contributed by atoms with Crippen LogP contribution in [0.4, 0.5) is 0 Å². The zero-order valence-electron chi connectivity index (χ0n) is 8.71. The predicted molar refractivity (Wildman–Crippen MR) is 65.9 cm³/mol. The van der Waals surface area contributed by atoms with E-state index in [1.54, 1.807) is 30.5 Å². The van der Waals surface area contributed by atoms with Gasteiger partial charge in [-0.3, -0.25) is 9.78 Å². The Morgan fingerprint density at radius 2 is 1.69 bits per heavy atom. The van der Waals surface area contributed by atoms with Crippen LogP contribution < -0.4 is 5.43 Å². The summed E-state index contributed by atoms with van der Waals surface area (Å²) in [6.07, 6.45) is 5.34. The van der Waals surface area contributed by atoms with Crippen LogP contribution in [0.2, 0.25) is 0 Å². The van der Waals surface area contributed by atoms with Crippen LogP contribution in [0.15, 0.2) is 59.5 Å². The van der Waals surface area contributed by atoms with Crippen LogP contribution in [0.3, 0.4) is 0 Å². The van der Waals surface area contributed by atoms with E-state index in [0.717, 1.165) is 5.69 Å². The third kappa shape index (κ3) is 2.64. The molecule has 0 N–H and O–H groups in total. The van der Waals surface area contributed by atoms with Gasteiger partial charge in [0.25, 0.3) is 0 Å². The largest absolute Gasteiger partial charge is 0.289 e. The maximum Gasteiger partial charge on any atom is 0.185 e. The van der Waals surface area contributed by atoms with Gasteiger partial charge in [0.15, 0.2) is 5.43 Å². The Morgan fingerprint density at radius 3 is 2.50 bits per heavy atom. The lowest BCUT2D eigenvalue weighted by Crippen LogP contribution is -1.97. The molecule has 1 aromatic heterocycles. The Balaban J connectivity index is 2.32. The Morgan fingerprint density at radius 1 is 0.875 bits per heavy atom. The first-order valence-electron chi connectivity index (χ1n) is 5.05. The minimum absolute atomic E-state index is 0.0113. The van der Waals surface area contributed by atoms with E-state index in [2.05, 4.69) is 4.98 Å². The molecule has 0 radical (unpaired) electrons. The molecule has 0 bridgehead atoms. The van der Waals surface area contributed by atoms with Crippen LogP contribution in [-0.4, -0.2) is 4.98 Å². The van der Waals surface area contributed by atoms with Crippen molar-refractivity contribution in [3.05, 3.63) is 76.2 Å². The fourth-order valence-corrected chi connectivity index (χ4v) is 1.33. The third-order valence-electron chi connectivity index (χ3n) is 2.15. The van der Waals surface area contributed by atoms with E-state index >= 15 is 0 Å². The van der Waals surface area contributed by atoms with E-state index in [4.69, 9.17) is 0 Å². The molecule has 1 heterocycles. The molecule has 0 saturated heterocycles. The van der Waals surface area contributed by atoms with Crippen molar-refractivity contribution >= 4 is 12.2 Å². The van der Waals surface area contributed by atoms with E-state index in [1.807, 2.05) is 36.4 Å². The number of hydrogen-bond acceptors (Lipinski definition) is 2. The van der Waals surface area contributed by atoms with Gasteiger partial charge in [0.1, 0.15) is 0 Å². The number of pyridine rings is 1. The molecule has 1 aromatic carbocycles. The predicted octanol–water partition coefficient (Wildman–Crippen LogP) is 2.61. The molecule has 0 saturated carbocycles. The summed E-state index contributed by atoms with van der Waals surface area (Å²) in [5.74, 6) is 0. The number of rotatable bonds is 2. The first-order chi connectivity index (χ1) is 7.86. The second-order valence-electron chi connectivity index (χ2n) is 3.32. The molecule has 2 aromatic rings. The van der Waals surface area contributed by atoms with Crippen LogP contribution in [0.5, 0.6) is 0 Å². The average molecular weight is 209 g/mol. The molecule has 2 nitrogen and oxygen atoms in total. The smallest absolute Gasteiger partial charge is 0.185 e. The number of aromatic nitrogens is 1. The summed E-state index contributed by atoms with van der Waals surface area (Å²) in [6.45, 7) is 0. The summed E-state index contributed by atoms with van der Waals surface area (Å²) in [5.41, 5.74) is 1.52. The highest BCUT2D eigenvalue weighted by Gasteiger charge is 1.90. The summed E-state index contributed by atoms with van der Waals surface area (Å²) in [4.78, 5) is 15.7. The van der Waals surface area contributed by atoms with Crippen LogP contribution >= 0.6 is 0 Å². The molecule has 0 spiro atoms. The first kappa shape index (κ1) is 10.3. The van der Waals surface area contributed by atoms with Crippen LogP contribution in [0.1, 0.15) is 11.3 Å². The molecular weight excluding hydrogens is 198 g/mol. The summed E-state index contributed by atoms with van der Waals surface area (Å²) < 4.78 is 0. The summed E-state index contributed by atoms with van der Waals surface area (Å²) in [7, 11) is 0. The molecule has 0 amide bonds. The standard InChI is InChI=1S/C14H11NO/c16-14-8-3-1-2-6-12(14)9-10-13-7-4-5-11-15-13/h1-11H. The normalized spacial score (nSPS) is 10.5. The highest BCUT2D eigenvalue weighted by Crippen LogP contribution is 2.01. The van der Waals surface area contributed by atoms with Gasteiger partial charge in [-0.05, 0) is 30.4 Å². The van der Waals surface area contributed by atoms with Gasteiger partial charge in [0.2, 0.25) is 0 Å². The Hall–Kier alpha value is -2.22. The maximum atomic E-state index is 11.6. The lowest BCUT2D eigenvalue weighted by molar-refractivity contribution is 1.30. The maximum absolute atomic E-state index is 11.6. The van der Waals surface area contributed by atoms with Gasteiger partial charge in [-0.25, -0.2) is 0 Å².